The van der Waals surface area contributed by atoms with E-state index in [0.717, 1.165) is 24.5 Å². The Bertz CT molecular complexity index is 486. The first kappa shape index (κ1) is 12.7. The molecule has 0 aliphatic heterocycles. The number of nitrogens with one attached hydrogen (secondary N) is 1. The van der Waals surface area contributed by atoms with Gasteiger partial charge in [-0.25, -0.2) is 0 Å². The zero-order chi connectivity index (χ0) is 13.0. The van der Waals surface area contributed by atoms with Crippen LogP contribution in [0.15, 0.2) is 24.8 Å². The van der Waals surface area contributed by atoms with Crippen molar-refractivity contribution in [1.29, 1.82) is 0 Å². The Labute approximate surface area is 107 Å². The molecule has 0 atom stereocenters. The summed E-state index contributed by atoms with van der Waals surface area (Å²) in [5, 5.41) is 7.64. The monoisotopic (exact) mass is 245 g/mol. The van der Waals surface area contributed by atoms with Gasteiger partial charge in [0.25, 0.3) is 0 Å². The van der Waals surface area contributed by atoms with E-state index >= 15 is 0 Å². The van der Waals surface area contributed by atoms with Crippen LogP contribution in [-0.2, 0) is 13.1 Å². The highest BCUT2D eigenvalue weighted by Crippen LogP contribution is 2.05. The number of rotatable bonds is 5. The summed E-state index contributed by atoms with van der Waals surface area (Å²) in [5.41, 5.74) is 3.08. The second kappa shape index (κ2) is 5.73. The number of hydrogen-bond acceptors (Lipinski definition) is 4. The van der Waals surface area contributed by atoms with Crippen LogP contribution >= 0.6 is 0 Å². The minimum atomic E-state index is 0.404. The van der Waals surface area contributed by atoms with E-state index < -0.39 is 0 Å². The molecule has 0 unspecified atom stereocenters. The van der Waals surface area contributed by atoms with Crippen molar-refractivity contribution < 1.29 is 0 Å². The molecule has 0 radical (unpaired) electrons. The Hall–Kier alpha value is -1.75. The number of aromatic nitrogens is 4. The fourth-order valence-corrected chi connectivity index (χ4v) is 1.60. The molecule has 0 aliphatic rings. The van der Waals surface area contributed by atoms with Crippen LogP contribution in [0, 0.1) is 6.92 Å². The van der Waals surface area contributed by atoms with Gasteiger partial charge in [0.05, 0.1) is 17.6 Å². The summed E-state index contributed by atoms with van der Waals surface area (Å²) in [7, 11) is 0. The van der Waals surface area contributed by atoms with E-state index in [1.54, 1.807) is 12.4 Å². The van der Waals surface area contributed by atoms with Gasteiger partial charge in [-0.05, 0) is 20.8 Å². The van der Waals surface area contributed by atoms with Crippen molar-refractivity contribution in [2.75, 3.05) is 0 Å². The zero-order valence-corrected chi connectivity index (χ0v) is 11.1. The summed E-state index contributed by atoms with van der Waals surface area (Å²) in [5.74, 6) is 0. The number of nitrogens with zero attached hydrogens (tertiary/aromatic N) is 4. The van der Waals surface area contributed by atoms with Crippen LogP contribution < -0.4 is 5.32 Å². The third-order valence-electron chi connectivity index (χ3n) is 2.65. The molecule has 5 heteroatoms. The van der Waals surface area contributed by atoms with E-state index in [2.05, 4.69) is 40.4 Å². The molecular weight excluding hydrogens is 226 g/mol. The molecule has 0 saturated heterocycles. The molecule has 2 rings (SSSR count). The standard InChI is InChI=1S/C13H19N5/c1-10(2)18-9-12(6-17-18)5-14-7-13-8-15-11(3)4-16-13/h4,6,8-10,14H,5,7H2,1-3H3. The molecule has 0 amide bonds. The van der Waals surface area contributed by atoms with E-state index in [4.69, 9.17) is 0 Å². The topological polar surface area (TPSA) is 55.6 Å². The molecule has 2 aromatic heterocycles. The highest BCUT2D eigenvalue weighted by molar-refractivity contribution is 5.05. The van der Waals surface area contributed by atoms with Gasteiger partial charge in [0.15, 0.2) is 0 Å². The van der Waals surface area contributed by atoms with Gasteiger partial charge in [0, 0.05) is 43.3 Å². The van der Waals surface area contributed by atoms with Gasteiger partial charge >= 0.3 is 0 Å². The maximum atomic E-state index is 4.30. The lowest BCUT2D eigenvalue weighted by atomic mass is 10.3. The third-order valence-corrected chi connectivity index (χ3v) is 2.65. The summed E-state index contributed by atoms with van der Waals surface area (Å²) in [6.07, 6.45) is 7.56. The Kier molecular flexibility index (Phi) is 4.04. The SMILES string of the molecule is Cc1cnc(CNCc2cnn(C(C)C)c2)cn1. The van der Waals surface area contributed by atoms with Crippen molar-refractivity contribution in [3.63, 3.8) is 0 Å². The van der Waals surface area contributed by atoms with Crippen molar-refractivity contribution in [3.8, 4) is 0 Å². The Morgan fingerprint density at radius 1 is 1.17 bits per heavy atom. The average molecular weight is 245 g/mol. The summed E-state index contributed by atoms with van der Waals surface area (Å²) in [6, 6.07) is 0.404. The second-order valence-electron chi connectivity index (χ2n) is 4.68. The fourth-order valence-electron chi connectivity index (χ4n) is 1.60. The van der Waals surface area contributed by atoms with E-state index in [-0.39, 0.29) is 0 Å². The number of aryl methyl sites for hydroxylation is 1. The zero-order valence-electron chi connectivity index (χ0n) is 11.1. The molecule has 0 spiro atoms. The Morgan fingerprint density at radius 2 is 2.00 bits per heavy atom. The average Bonchev–Trinajstić information content (AvgIpc) is 2.81. The second-order valence-corrected chi connectivity index (χ2v) is 4.68. The van der Waals surface area contributed by atoms with E-state index in [9.17, 15) is 0 Å². The van der Waals surface area contributed by atoms with Crippen molar-refractivity contribution in [1.82, 2.24) is 25.1 Å². The largest absolute Gasteiger partial charge is 0.307 e. The molecule has 18 heavy (non-hydrogen) atoms. The molecule has 5 nitrogen and oxygen atoms in total. The molecule has 0 fully saturated rings. The van der Waals surface area contributed by atoms with E-state index in [1.807, 2.05) is 17.8 Å². The molecular formula is C13H19N5. The first-order chi connectivity index (χ1) is 8.65. The molecule has 0 bridgehead atoms. The summed E-state index contributed by atoms with van der Waals surface area (Å²) < 4.78 is 1.96. The normalized spacial score (nSPS) is 11.1. The van der Waals surface area contributed by atoms with Crippen LogP contribution in [0.25, 0.3) is 0 Å². The maximum Gasteiger partial charge on any atom is 0.0724 e. The van der Waals surface area contributed by atoms with Gasteiger partial charge in [0.2, 0.25) is 0 Å². The molecule has 0 aliphatic carbocycles. The molecule has 0 aromatic carbocycles. The first-order valence-electron chi connectivity index (χ1n) is 6.16. The van der Waals surface area contributed by atoms with Crippen LogP contribution in [0.2, 0.25) is 0 Å². The van der Waals surface area contributed by atoms with Crippen molar-refractivity contribution in [2.24, 2.45) is 0 Å². The number of hydrogen-bond donors (Lipinski definition) is 1. The van der Waals surface area contributed by atoms with Gasteiger partial charge in [-0.15, -0.1) is 0 Å². The molecule has 96 valence electrons. The molecule has 0 saturated carbocycles. The Morgan fingerprint density at radius 3 is 2.61 bits per heavy atom. The first-order valence-corrected chi connectivity index (χ1v) is 6.16. The van der Waals surface area contributed by atoms with Crippen LogP contribution in [0.1, 0.15) is 36.8 Å². The third kappa shape index (κ3) is 3.37. The van der Waals surface area contributed by atoms with Crippen LogP contribution in [0.3, 0.4) is 0 Å². The lowest BCUT2D eigenvalue weighted by molar-refractivity contribution is 0.531. The lowest BCUT2D eigenvalue weighted by Crippen LogP contribution is -2.13. The minimum Gasteiger partial charge on any atom is -0.307 e. The smallest absolute Gasteiger partial charge is 0.0724 e. The van der Waals surface area contributed by atoms with Crippen LogP contribution in [0.4, 0.5) is 0 Å². The molecule has 2 heterocycles. The maximum absolute atomic E-state index is 4.30. The summed E-state index contributed by atoms with van der Waals surface area (Å²) in [6.45, 7) is 7.69. The van der Waals surface area contributed by atoms with E-state index in [1.165, 1.54) is 5.56 Å². The van der Waals surface area contributed by atoms with Crippen molar-refractivity contribution in [3.05, 3.63) is 41.7 Å². The lowest BCUT2D eigenvalue weighted by Gasteiger charge is -2.04. The predicted molar refractivity (Wildman–Crippen MR) is 69.9 cm³/mol. The Balaban J connectivity index is 1.82. The van der Waals surface area contributed by atoms with E-state index in [0.29, 0.717) is 6.04 Å². The predicted octanol–water partition coefficient (Wildman–Crippen LogP) is 1.85. The van der Waals surface area contributed by atoms with Gasteiger partial charge < -0.3 is 5.32 Å². The highest BCUT2D eigenvalue weighted by atomic mass is 15.3. The van der Waals surface area contributed by atoms with Crippen LogP contribution in [0.5, 0.6) is 0 Å². The van der Waals surface area contributed by atoms with Gasteiger partial charge in [-0.3, -0.25) is 14.6 Å². The quantitative estimate of drug-likeness (QED) is 0.873. The highest BCUT2D eigenvalue weighted by Gasteiger charge is 2.01. The van der Waals surface area contributed by atoms with Crippen molar-refractivity contribution >= 4 is 0 Å². The van der Waals surface area contributed by atoms with Gasteiger partial charge in [-0.1, -0.05) is 0 Å². The molecule has 1 N–H and O–H groups in total. The molecule has 2 aromatic rings. The fraction of sp³-hybridized carbons (Fsp3) is 0.462. The minimum absolute atomic E-state index is 0.404. The summed E-state index contributed by atoms with van der Waals surface area (Å²) >= 11 is 0. The van der Waals surface area contributed by atoms with Crippen molar-refractivity contribution in [2.45, 2.75) is 39.9 Å². The summed E-state index contributed by atoms with van der Waals surface area (Å²) in [4.78, 5) is 8.51. The van der Waals surface area contributed by atoms with Crippen LogP contribution in [-0.4, -0.2) is 19.7 Å². The van der Waals surface area contributed by atoms with Gasteiger partial charge in [-0.2, -0.15) is 5.10 Å². The van der Waals surface area contributed by atoms with Gasteiger partial charge in [0.1, 0.15) is 0 Å².